The number of fused-ring (bicyclic) bond motifs is 1. The Kier molecular flexibility index (Phi) is 6.81. The van der Waals surface area contributed by atoms with Crippen molar-refractivity contribution in [2.45, 2.75) is 18.7 Å². The van der Waals surface area contributed by atoms with Crippen LogP contribution in [-0.4, -0.2) is 20.9 Å². The van der Waals surface area contributed by atoms with Crippen molar-refractivity contribution in [1.82, 2.24) is 0 Å². The second kappa shape index (κ2) is 9.46. The molecule has 0 aliphatic heterocycles. The van der Waals surface area contributed by atoms with Gasteiger partial charge in [-0.2, -0.15) is 0 Å². The molecule has 3 aromatic carbocycles. The number of rotatable bonds is 6. The quantitative estimate of drug-likeness (QED) is 0.272. The Bertz CT molecular complexity index is 1450. The highest BCUT2D eigenvalue weighted by atomic mass is 79.9. The van der Waals surface area contributed by atoms with E-state index in [0.717, 1.165) is 20.1 Å². The van der Waals surface area contributed by atoms with Gasteiger partial charge in [0.2, 0.25) is 0 Å². The summed E-state index contributed by atoms with van der Waals surface area (Å²) in [7, 11) is -3.72. The van der Waals surface area contributed by atoms with E-state index in [9.17, 15) is 13.2 Å². The van der Waals surface area contributed by atoms with Crippen LogP contribution in [-0.2, 0) is 10.0 Å². The van der Waals surface area contributed by atoms with Gasteiger partial charge >= 0.3 is 0 Å². The first kappa shape index (κ1) is 23.8. The predicted octanol–water partition coefficient (Wildman–Crippen LogP) is 7.09. The van der Waals surface area contributed by atoms with Gasteiger partial charge in [0.25, 0.3) is 15.9 Å². The minimum atomic E-state index is -3.72. The molecule has 1 heterocycles. The van der Waals surface area contributed by atoms with Gasteiger partial charge in [-0.15, -0.1) is 11.3 Å². The number of sulfonamides is 1. The maximum Gasteiger partial charge on any atom is 0.265 e. The smallest absolute Gasteiger partial charge is 0.265 e. The lowest BCUT2D eigenvalue weighted by Crippen LogP contribution is -2.30. The molecule has 1 N–H and O–H groups in total. The zero-order valence-corrected chi connectivity index (χ0v) is 21.8. The fourth-order valence-electron chi connectivity index (χ4n) is 3.39. The number of benzene rings is 3. The summed E-state index contributed by atoms with van der Waals surface area (Å²) in [6, 6.07) is 19.1. The van der Waals surface area contributed by atoms with Crippen LogP contribution in [0.25, 0.3) is 10.1 Å². The molecule has 9 heteroatoms. The highest BCUT2D eigenvalue weighted by Gasteiger charge is 2.24. The van der Waals surface area contributed by atoms with Crippen LogP contribution in [0, 0.1) is 6.92 Å². The van der Waals surface area contributed by atoms with E-state index in [1.165, 1.54) is 15.6 Å². The standard InChI is InChI=1S/C24H20BrClN2O3S2/c1-3-28(33(30,31)20-9-5-17(25)6-10-20)19-8-11-22-16(12-19)13-23(32-22)24(29)27-18-7-4-15(2)21(26)14-18/h4-14H,3H2,1-2H3,(H,27,29). The first-order valence-electron chi connectivity index (χ1n) is 10.1. The van der Waals surface area contributed by atoms with Crippen molar-refractivity contribution in [3.05, 3.63) is 86.7 Å². The van der Waals surface area contributed by atoms with E-state index in [1.807, 2.05) is 19.1 Å². The molecule has 0 unspecified atom stereocenters. The average Bonchev–Trinajstić information content (AvgIpc) is 3.21. The molecule has 0 spiro atoms. The summed E-state index contributed by atoms with van der Waals surface area (Å²) in [4.78, 5) is 13.5. The lowest BCUT2D eigenvalue weighted by Gasteiger charge is -2.23. The number of aryl methyl sites for hydroxylation is 1. The minimum absolute atomic E-state index is 0.217. The number of halogens is 2. The van der Waals surface area contributed by atoms with Gasteiger partial charge in [-0.05, 0) is 85.5 Å². The van der Waals surface area contributed by atoms with Gasteiger partial charge in [0.05, 0.1) is 15.5 Å². The molecule has 0 fully saturated rings. The van der Waals surface area contributed by atoms with E-state index in [4.69, 9.17) is 11.6 Å². The number of anilines is 2. The van der Waals surface area contributed by atoms with Crippen molar-refractivity contribution < 1.29 is 13.2 Å². The molecule has 5 nitrogen and oxygen atoms in total. The van der Waals surface area contributed by atoms with Crippen LogP contribution < -0.4 is 9.62 Å². The molecule has 0 aliphatic rings. The fourth-order valence-corrected chi connectivity index (χ4v) is 6.23. The SMILES string of the molecule is CCN(c1ccc2sc(C(=O)Nc3ccc(C)c(Cl)c3)cc2c1)S(=O)(=O)c1ccc(Br)cc1. The van der Waals surface area contributed by atoms with Crippen LogP contribution in [0.3, 0.4) is 0 Å². The topological polar surface area (TPSA) is 66.5 Å². The molecule has 0 bridgehead atoms. The van der Waals surface area contributed by atoms with Crippen molar-refractivity contribution in [3.8, 4) is 0 Å². The van der Waals surface area contributed by atoms with Gasteiger partial charge in [0.1, 0.15) is 0 Å². The third kappa shape index (κ3) is 4.94. The van der Waals surface area contributed by atoms with Gasteiger partial charge in [-0.3, -0.25) is 9.10 Å². The number of nitrogens with zero attached hydrogens (tertiary/aromatic N) is 1. The number of carbonyl (C=O) groups is 1. The van der Waals surface area contributed by atoms with E-state index in [0.29, 0.717) is 21.3 Å². The summed E-state index contributed by atoms with van der Waals surface area (Å²) in [5, 5.41) is 4.25. The summed E-state index contributed by atoms with van der Waals surface area (Å²) >= 11 is 10.8. The number of amides is 1. The Labute approximate surface area is 210 Å². The van der Waals surface area contributed by atoms with Crippen molar-refractivity contribution in [3.63, 3.8) is 0 Å². The lowest BCUT2D eigenvalue weighted by atomic mass is 10.2. The van der Waals surface area contributed by atoms with E-state index in [-0.39, 0.29) is 17.3 Å². The summed E-state index contributed by atoms with van der Waals surface area (Å²) in [6.45, 7) is 3.96. The number of hydrogen-bond donors (Lipinski definition) is 1. The summed E-state index contributed by atoms with van der Waals surface area (Å²) < 4.78 is 29.5. The molecule has 1 aromatic heterocycles. The second-order valence-corrected chi connectivity index (χ2v) is 11.6. The monoisotopic (exact) mass is 562 g/mol. The highest BCUT2D eigenvalue weighted by molar-refractivity contribution is 9.10. The Morgan fingerprint density at radius 2 is 1.79 bits per heavy atom. The van der Waals surface area contributed by atoms with Gasteiger partial charge < -0.3 is 5.32 Å². The van der Waals surface area contributed by atoms with Crippen LogP contribution >= 0.6 is 38.9 Å². The summed E-state index contributed by atoms with van der Waals surface area (Å²) in [5.41, 5.74) is 2.09. The maximum absolute atomic E-state index is 13.2. The Hall–Kier alpha value is -2.39. The van der Waals surface area contributed by atoms with Crippen molar-refractivity contribution in [2.75, 3.05) is 16.2 Å². The zero-order valence-electron chi connectivity index (χ0n) is 17.8. The molecule has 0 aliphatic carbocycles. The van der Waals surface area contributed by atoms with E-state index < -0.39 is 10.0 Å². The molecule has 0 atom stereocenters. The van der Waals surface area contributed by atoms with Crippen LogP contribution in [0.15, 0.2) is 76.1 Å². The molecule has 33 heavy (non-hydrogen) atoms. The van der Waals surface area contributed by atoms with E-state index >= 15 is 0 Å². The predicted molar refractivity (Wildman–Crippen MR) is 140 cm³/mol. The number of carbonyl (C=O) groups excluding carboxylic acids is 1. The molecule has 0 saturated heterocycles. The van der Waals surface area contributed by atoms with Crippen LogP contribution in [0.5, 0.6) is 0 Å². The van der Waals surface area contributed by atoms with Gasteiger partial charge in [0, 0.05) is 26.4 Å². The molecular weight excluding hydrogens is 544 g/mol. The number of thiophene rings is 1. The number of nitrogens with one attached hydrogen (secondary N) is 1. The van der Waals surface area contributed by atoms with Crippen LogP contribution in [0.2, 0.25) is 5.02 Å². The first-order valence-corrected chi connectivity index (χ1v) is 13.5. The van der Waals surface area contributed by atoms with Crippen molar-refractivity contribution in [2.24, 2.45) is 0 Å². The Balaban J connectivity index is 1.63. The highest BCUT2D eigenvalue weighted by Crippen LogP contribution is 2.32. The van der Waals surface area contributed by atoms with Crippen molar-refractivity contribution >= 4 is 76.3 Å². The minimum Gasteiger partial charge on any atom is -0.321 e. The largest absolute Gasteiger partial charge is 0.321 e. The second-order valence-electron chi connectivity index (χ2n) is 7.37. The molecule has 1 amide bonds. The maximum atomic E-state index is 13.2. The average molecular weight is 564 g/mol. The third-order valence-electron chi connectivity index (χ3n) is 5.13. The molecule has 0 saturated carbocycles. The lowest BCUT2D eigenvalue weighted by molar-refractivity contribution is 0.103. The van der Waals surface area contributed by atoms with Crippen molar-refractivity contribution in [1.29, 1.82) is 0 Å². The van der Waals surface area contributed by atoms with Crippen LogP contribution in [0.4, 0.5) is 11.4 Å². The normalized spacial score (nSPS) is 11.5. The molecule has 4 aromatic rings. The fraction of sp³-hybridized carbons (Fsp3) is 0.125. The van der Waals surface area contributed by atoms with Gasteiger partial charge in [-0.1, -0.05) is 33.6 Å². The zero-order chi connectivity index (χ0) is 23.8. The van der Waals surface area contributed by atoms with Crippen LogP contribution in [0.1, 0.15) is 22.2 Å². The molecule has 170 valence electrons. The molecular formula is C24H20BrClN2O3S2. The van der Waals surface area contributed by atoms with E-state index in [1.54, 1.807) is 61.5 Å². The summed E-state index contributed by atoms with van der Waals surface area (Å²) in [6.07, 6.45) is 0. The third-order valence-corrected chi connectivity index (χ3v) is 9.10. The van der Waals surface area contributed by atoms with Gasteiger partial charge in [-0.25, -0.2) is 8.42 Å². The molecule has 4 rings (SSSR count). The van der Waals surface area contributed by atoms with E-state index in [2.05, 4.69) is 21.2 Å². The summed E-state index contributed by atoms with van der Waals surface area (Å²) in [5.74, 6) is -0.243. The molecule has 0 radical (unpaired) electrons. The number of hydrogen-bond acceptors (Lipinski definition) is 4. The Morgan fingerprint density at radius 3 is 2.45 bits per heavy atom. The van der Waals surface area contributed by atoms with Gasteiger partial charge in [0.15, 0.2) is 0 Å². The first-order chi connectivity index (χ1) is 15.7. The Morgan fingerprint density at radius 1 is 1.06 bits per heavy atom.